The summed E-state index contributed by atoms with van der Waals surface area (Å²) in [5, 5.41) is 0. The third-order valence-electron chi connectivity index (χ3n) is 8.81. The number of amides is 1. The predicted octanol–water partition coefficient (Wildman–Crippen LogP) is 5.82. The Morgan fingerprint density at radius 2 is 1.88 bits per heavy atom. The van der Waals surface area contributed by atoms with E-state index in [4.69, 9.17) is 23.4 Å². The highest BCUT2D eigenvalue weighted by Crippen LogP contribution is 2.44. The zero-order valence-corrected chi connectivity index (χ0v) is 25.2. The number of likely N-dealkylation sites (tertiary alicyclic amines) is 1. The minimum Gasteiger partial charge on any atom is -0.459 e. The third-order valence-corrected chi connectivity index (χ3v) is 8.81. The van der Waals surface area contributed by atoms with Crippen LogP contribution in [-0.4, -0.2) is 82.0 Å². The molecule has 2 aromatic rings. The van der Waals surface area contributed by atoms with E-state index in [2.05, 4.69) is 9.88 Å². The lowest BCUT2D eigenvalue weighted by atomic mass is 9.68. The first-order valence-electron chi connectivity index (χ1n) is 15.2. The first-order valence-corrected chi connectivity index (χ1v) is 15.2. The van der Waals surface area contributed by atoms with Crippen molar-refractivity contribution in [2.45, 2.75) is 83.3 Å². The lowest BCUT2D eigenvalue weighted by Gasteiger charge is -2.42. The van der Waals surface area contributed by atoms with Gasteiger partial charge in [-0.1, -0.05) is 25.3 Å². The molecular formula is C32H49N3O6. The summed E-state index contributed by atoms with van der Waals surface area (Å²) in [6.45, 7) is 6.11. The van der Waals surface area contributed by atoms with Crippen molar-refractivity contribution in [3.05, 3.63) is 48.0 Å². The van der Waals surface area contributed by atoms with E-state index in [-0.39, 0.29) is 31.6 Å². The van der Waals surface area contributed by atoms with Gasteiger partial charge in [0.1, 0.15) is 19.4 Å². The lowest BCUT2D eigenvalue weighted by molar-refractivity contribution is -0.124. The number of rotatable bonds is 16. The van der Waals surface area contributed by atoms with Gasteiger partial charge in [0.25, 0.3) is 5.91 Å². The highest BCUT2D eigenvalue weighted by molar-refractivity contribution is 6.04. The van der Waals surface area contributed by atoms with Gasteiger partial charge < -0.3 is 28.3 Å². The Labute approximate surface area is 245 Å². The number of aromatic nitrogens is 1. The smallest absolute Gasteiger partial charge is 0.295 e. The molecule has 0 radical (unpaired) electrons. The molecule has 2 aromatic heterocycles. The Bertz CT molecular complexity index is 1000. The van der Waals surface area contributed by atoms with E-state index in [1.54, 1.807) is 32.6 Å². The number of aryl methyl sites for hydroxylation is 1. The van der Waals surface area contributed by atoms with E-state index in [0.29, 0.717) is 23.6 Å². The average Bonchev–Trinajstić information content (AvgIpc) is 3.55. The van der Waals surface area contributed by atoms with Crippen LogP contribution < -0.4 is 4.90 Å². The molecule has 0 aromatic carbocycles. The highest BCUT2D eigenvalue weighted by atomic mass is 16.7. The van der Waals surface area contributed by atoms with E-state index < -0.39 is 0 Å². The molecule has 9 heteroatoms. The van der Waals surface area contributed by atoms with Crippen molar-refractivity contribution in [1.82, 2.24) is 9.88 Å². The van der Waals surface area contributed by atoms with Gasteiger partial charge in [0.15, 0.2) is 5.76 Å². The molecule has 9 nitrogen and oxygen atoms in total. The number of carbonyl (C=O) groups is 1. The molecule has 0 bridgehead atoms. The third kappa shape index (κ3) is 9.35. The molecule has 0 spiro atoms. The van der Waals surface area contributed by atoms with Gasteiger partial charge in [0.2, 0.25) is 0 Å². The number of pyridine rings is 1. The second-order valence-corrected chi connectivity index (χ2v) is 11.7. The molecule has 4 rings (SSSR count). The minimum atomic E-state index is -0.120. The Balaban J connectivity index is 1.34. The Hall–Kier alpha value is -2.30. The molecule has 1 saturated carbocycles. The van der Waals surface area contributed by atoms with Crippen LogP contribution in [-0.2, 0) is 18.9 Å². The standard InChI is InChI=1S/C32H49N3O6/c1-26-9-10-30(33-22-26)35(31(36)29-8-7-21-40-29)27-12-18-34(19-13-27)20-17-32(14-5-4-6-15-32)16-11-28(41-25-38-3)23-39-24-37-2/h7-10,21-22,27-28H,4-6,11-20,23-25H2,1-3H3. The highest BCUT2D eigenvalue weighted by Gasteiger charge is 2.35. The van der Waals surface area contributed by atoms with Crippen molar-refractivity contribution in [3.8, 4) is 0 Å². The molecule has 1 saturated heterocycles. The number of methoxy groups -OCH3 is 2. The van der Waals surface area contributed by atoms with Gasteiger partial charge in [0, 0.05) is 39.5 Å². The van der Waals surface area contributed by atoms with Gasteiger partial charge in [-0.15, -0.1) is 0 Å². The minimum absolute atomic E-state index is 0.00714. The summed E-state index contributed by atoms with van der Waals surface area (Å²) in [4.78, 5) is 22.5. The van der Waals surface area contributed by atoms with E-state index in [9.17, 15) is 4.79 Å². The van der Waals surface area contributed by atoms with E-state index in [1.165, 1.54) is 38.5 Å². The van der Waals surface area contributed by atoms with Crippen molar-refractivity contribution in [2.75, 3.05) is 58.9 Å². The van der Waals surface area contributed by atoms with Crippen molar-refractivity contribution < 1.29 is 28.2 Å². The first-order chi connectivity index (χ1) is 20.0. The molecule has 1 amide bonds. The molecule has 0 N–H and O–H groups in total. The van der Waals surface area contributed by atoms with E-state index in [0.717, 1.165) is 50.9 Å². The molecule has 1 unspecified atom stereocenters. The summed E-state index contributed by atoms with van der Waals surface area (Å²) in [5.41, 5.74) is 1.42. The van der Waals surface area contributed by atoms with Crippen molar-refractivity contribution in [3.63, 3.8) is 0 Å². The largest absolute Gasteiger partial charge is 0.459 e. The SMILES string of the molecule is COCOCC(CCC1(CCN2CCC(N(C(=O)c3ccco3)c3ccc(C)cn3)CC2)CCCCC1)OCOC. The van der Waals surface area contributed by atoms with Crippen LogP contribution in [0.5, 0.6) is 0 Å². The second kappa shape index (κ2) is 16.4. The fourth-order valence-corrected chi connectivity index (χ4v) is 6.41. The van der Waals surface area contributed by atoms with Gasteiger partial charge in [-0.25, -0.2) is 4.98 Å². The second-order valence-electron chi connectivity index (χ2n) is 11.7. The molecule has 1 aliphatic heterocycles. The van der Waals surface area contributed by atoms with E-state index >= 15 is 0 Å². The summed E-state index contributed by atoms with van der Waals surface area (Å²) in [5.74, 6) is 0.927. The summed E-state index contributed by atoms with van der Waals surface area (Å²) in [7, 11) is 3.29. The number of hydrogen-bond acceptors (Lipinski definition) is 8. The maximum atomic E-state index is 13.5. The van der Waals surface area contributed by atoms with Gasteiger partial charge in [-0.3, -0.25) is 9.69 Å². The average molecular weight is 572 g/mol. The van der Waals surface area contributed by atoms with Gasteiger partial charge in [0.05, 0.1) is 19.0 Å². The van der Waals surface area contributed by atoms with Crippen LogP contribution in [0.2, 0.25) is 0 Å². The summed E-state index contributed by atoms with van der Waals surface area (Å²) in [6, 6.07) is 7.54. The number of nitrogens with zero attached hydrogens (tertiary/aromatic N) is 3. The maximum Gasteiger partial charge on any atom is 0.295 e. The number of piperidine rings is 1. The molecule has 2 fully saturated rings. The van der Waals surface area contributed by atoms with Crippen LogP contribution in [0, 0.1) is 12.3 Å². The fraction of sp³-hybridized carbons (Fsp3) is 0.688. The lowest BCUT2D eigenvalue weighted by Crippen LogP contribution is -2.48. The topological polar surface area (TPSA) is 86.5 Å². The van der Waals surface area contributed by atoms with Crippen LogP contribution in [0.25, 0.3) is 0 Å². The van der Waals surface area contributed by atoms with Crippen molar-refractivity contribution >= 4 is 11.7 Å². The summed E-state index contributed by atoms with van der Waals surface area (Å²) < 4.78 is 27.3. The van der Waals surface area contributed by atoms with Gasteiger partial charge >= 0.3 is 0 Å². The number of hydrogen-bond donors (Lipinski definition) is 0. The molecule has 228 valence electrons. The zero-order chi connectivity index (χ0) is 28.9. The number of furan rings is 1. The van der Waals surface area contributed by atoms with Crippen LogP contribution in [0.15, 0.2) is 41.1 Å². The molecule has 1 atom stereocenters. The normalized spacial score (nSPS) is 18.8. The van der Waals surface area contributed by atoms with Gasteiger partial charge in [-0.05, 0) is 87.6 Å². The Morgan fingerprint density at radius 1 is 1.10 bits per heavy atom. The molecular weight excluding hydrogens is 522 g/mol. The van der Waals surface area contributed by atoms with Crippen LogP contribution in [0.3, 0.4) is 0 Å². The van der Waals surface area contributed by atoms with Crippen molar-refractivity contribution in [1.29, 1.82) is 0 Å². The monoisotopic (exact) mass is 571 g/mol. The van der Waals surface area contributed by atoms with Crippen LogP contribution in [0.4, 0.5) is 5.82 Å². The summed E-state index contributed by atoms with van der Waals surface area (Å²) in [6.07, 6.45) is 15.0. The molecule has 41 heavy (non-hydrogen) atoms. The van der Waals surface area contributed by atoms with Crippen LogP contribution >= 0.6 is 0 Å². The Kier molecular flexibility index (Phi) is 12.6. The maximum absolute atomic E-state index is 13.5. The number of anilines is 1. The Morgan fingerprint density at radius 3 is 2.54 bits per heavy atom. The predicted molar refractivity (Wildman–Crippen MR) is 158 cm³/mol. The quantitative estimate of drug-likeness (QED) is 0.184. The van der Waals surface area contributed by atoms with E-state index in [1.807, 2.05) is 30.2 Å². The fourth-order valence-electron chi connectivity index (χ4n) is 6.41. The summed E-state index contributed by atoms with van der Waals surface area (Å²) >= 11 is 0. The first kappa shape index (κ1) is 31.6. The number of ether oxygens (including phenoxy) is 4. The molecule has 1 aliphatic carbocycles. The van der Waals surface area contributed by atoms with Crippen molar-refractivity contribution in [2.24, 2.45) is 5.41 Å². The van der Waals surface area contributed by atoms with Crippen LogP contribution in [0.1, 0.15) is 80.3 Å². The zero-order valence-electron chi connectivity index (χ0n) is 25.2. The van der Waals surface area contributed by atoms with Gasteiger partial charge in [-0.2, -0.15) is 0 Å². The molecule has 3 heterocycles. The molecule has 2 aliphatic rings. The number of carbonyl (C=O) groups excluding carboxylic acids is 1.